The second-order valence-electron chi connectivity index (χ2n) is 2.53. The van der Waals surface area contributed by atoms with Gasteiger partial charge in [0.15, 0.2) is 0 Å². The number of aromatic nitrogens is 1. The van der Waals surface area contributed by atoms with Crippen LogP contribution < -0.4 is 4.74 Å². The molecule has 5 heteroatoms. The molecule has 0 aliphatic heterocycles. The predicted octanol–water partition coefficient (Wildman–Crippen LogP) is 4.24. The number of hydrogen-bond acceptors (Lipinski definition) is 3. The Bertz CT molecular complexity index is 410. The van der Waals surface area contributed by atoms with Crippen molar-refractivity contribution in [2.45, 2.75) is 0 Å². The average molecular weight is 246 g/mol. The zero-order valence-corrected chi connectivity index (χ0v) is 9.23. The van der Waals surface area contributed by atoms with Gasteiger partial charge in [0.2, 0.25) is 5.88 Å². The Morgan fingerprint density at radius 3 is 2.43 bits per heavy atom. The zero-order chi connectivity index (χ0) is 9.97. The monoisotopic (exact) mass is 245 g/mol. The molecule has 0 N–H and O–H groups in total. The van der Waals surface area contributed by atoms with Crippen molar-refractivity contribution in [2.24, 2.45) is 0 Å². The third-order valence-electron chi connectivity index (χ3n) is 1.47. The standard InChI is InChI=1S/C9H5Cl2NOS/c10-6-1-7(11)3-8(2-6)13-9-4-14-5-12-9/h1-5H. The van der Waals surface area contributed by atoms with Crippen molar-refractivity contribution >= 4 is 34.5 Å². The summed E-state index contributed by atoms with van der Waals surface area (Å²) < 4.78 is 5.41. The van der Waals surface area contributed by atoms with Gasteiger partial charge >= 0.3 is 0 Å². The second-order valence-corrected chi connectivity index (χ2v) is 4.13. The van der Waals surface area contributed by atoms with E-state index in [9.17, 15) is 0 Å². The van der Waals surface area contributed by atoms with Crippen molar-refractivity contribution in [2.75, 3.05) is 0 Å². The molecule has 2 rings (SSSR count). The first-order chi connectivity index (χ1) is 6.74. The van der Waals surface area contributed by atoms with Crippen LogP contribution in [0, 0.1) is 0 Å². The van der Waals surface area contributed by atoms with Crippen LogP contribution in [0.4, 0.5) is 0 Å². The minimum absolute atomic E-state index is 0.544. The molecule has 0 aliphatic carbocycles. The molecular weight excluding hydrogens is 241 g/mol. The van der Waals surface area contributed by atoms with Crippen molar-refractivity contribution in [3.8, 4) is 11.6 Å². The lowest BCUT2D eigenvalue weighted by atomic mass is 10.3. The van der Waals surface area contributed by atoms with Crippen molar-refractivity contribution < 1.29 is 4.74 Å². The molecule has 0 saturated heterocycles. The molecule has 0 spiro atoms. The van der Waals surface area contributed by atoms with Crippen LogP contribution in [-0.2, 0) is 0 Å². The number of nitrogens with zero attached hydrogens (tertiary/aromatic N) is 1. The summed E-state index contributed by atoms with van der Waals surface area (Å²) in [5.41, 5.74) is 1.70. The van der Waals surface area contributed by atoms with Crippen molar-refractivity contribution in [1.82, 2.24) is 4.98 Å². The lowest BCUT2D eigenvalue weighted by molar-refractivity contribution is 0.466. The van der Waals surface area contributed by atoms with Crippen LogP contribution in [0.2, 0.25) is 10.0 Å². The van der Waals surface area contributed by atoms with Crippen LogP contribution in [0.1, 0.15) is 0 Å². The second kappa shape index (κ2) is 4.17. The molecule has 1 aromatic carbocycles. The van der Waals surface area contributed by atoms with Crippen molar-refractivity contribution in [1.29, 1.82) is 0 Å². The van der Waals surface area contributed by atoms with Gasteiger partial charge in [0.25, 0.3) is 0 Å². The lowest BCUT2D eigenvalue weighted by Crippen LogP contribution is -1.83. The van der Waals surface area contributed by atoms with Gasteiger partial charge < -0.3 is 4.74 Å². The molecule has 0 saturated carbocycles. The SMILES string of the molecule is Clc1cc(Cl)cc(Oc2cscn2)c1. The summed E-state index contributed by atoms with van der Waals surface area (Å²) in [4.78, 5) is 3.98. The van der Waals surface area contributed by atoms with Gasteiger partial charge in [-0.15, -0.1) is 11.3 Å². The van der Waals surface area contributed by atoms with Gasteiger partial charge in [0, 0.05) is 10.0 Å². The number of benzene rings is 1. The maximum absolute atomic E-state index is 5.81. The summed E-state index contributed by atoms with van der Waals surface area (Å²) in [6.07, 6.45) is 0. The van der Waals surface area contributed by atoms with E-state index in [1.165, 1.54) is 11.3 Å². The summed E-state index contributed by atoms with van der Waals surface area (Å²) >= 11 is 13.1. The third kappa shape index (κ3) is 2.38. The molecule has 2 nitrogen and oxygen atoms in total. The third-order valence-corrected chi connectivity index (χ3v) is 2.47. The summed E-state index contributed by atoms with van der Waals surface area (Å²) in [6, 6.07) is 5.02. The number of hydrogen-bond donors (Lipinski definition) is 0. The van der Waals surface area contributed by atoms with Crippen LogP contribution >= 0.6 is 34.5 Å². The molecule has 1 aromatic heterocycles. The van der Waals surface area contributed by atoms with Crippen LogP contribution in [-0.4, -0.2) is 4.98 Å². The van der Waals surface area contributed by atoms with E-state index in [2.05, 4.69) is 4.98 Å². The minimum atomic E-state index is 0.544. The minimum Gasteiger partial charge on any atom is -0.438 e. The van der Waals surface area contributed by atoms with Gasteiger partial charge in [-0.3, -0.25) is 0 Å². The first-order valence-corrected chi connectivity index (χ1v) is 5.46. The van der Waals surface area contributed by atoms with E-state index in [1.807, 2.05) is 0 Å². The number of halogens is 2. The molecule has 14 heavy (non-hydrogen) atoms. The van der Waals surface area contributed by atoms with E-state index in [0.29, 0.717) is 21.7 Å². The highest BCUT2D eigenvalue weighted by Gasteiger charge is 2.01. The molecule has 2 aromatic rings. The van der Waals surface area contributed by atoms with Crippen LogP contribution in [0.5, 0.6) is 11.6 Å². The maximum atomic E-state index is 5.81. The lowest BCUT2D eigenvalue weighted by Gasteiger charge is -2.02. The fourth-order valence-corrected chi connectivity index (χ4v) is 1.92. The highest BCUT2D eigenvalue weighted by atomic mass is 35.5. The maximum Gasteiger partial charge on any atom is 0.230 e. The van der Waals surface area contributed by atoms with Gasteiger partial charge in [-0.2, -0.15) is 0 Å². The van der Waals surface area contributed by atoms with E-state index in [1.54, 1.807) is 29.1 Å². The van der Waals surface area contributed by atoms with Crippen molar-refractivity contribution in [3.63, 3.8) is 0 Å². The first kappa shape index (κ1) is 9.77. The molecule has 72 valence electrons. The molecular formula is C9H5Cl2NOS. The fourth-order valence-electron chi connectivity index (χ4n) is 0.960. The van der Waals surface area contributed by atoms with Crippen molar-refractivity contribution in [3.05, 3.63) is 39.1 Å². The molecule has 0 amide bonds. The summed E-state index contributed by atoms with van der Waals surface area (Å²) in [6.45, 7) is 0. The highest BCUT2D eigenvalue weighted by molar-refractivity contribution is 7.07. The largest absolute Gasteiger partial charge is 0.438 e. The van der Waals surface area contributed by atoms with E-state index in [0.717, 1.165) is 0 Å². The molecule has 0 aliphatic rings. The predicted molar refractivity (Wildman–Crippen MR) is 58.7 cm³/mol. The molecule has 0 fully saturated rings. The van der Waals surface area contributed by atoms with E-state index in [-0.39, 0.29) is 0 Å². The summed E-state index contributed by atoms with van der Waals surface area (Å²) in [5.74, 6) is 1.14. The van der Waals surface area contributed by atoms with E-state index >= 15 is 0 Å². The van der Waals surface area contributed by atoms with Crippen LogP contribution in [0.15, 0.2) is 29.1 Å². The van der Waals surface area contributed by atoms with Gasteiger partial charge in [0.05, 0.1) is 10.9 Å². The Morgan fingerprint density at radius 1 is 1.14 bits per heavy atom. The Labute approximate surface area is 95.1 Å². The zero-order valence-electron chi connectivity index (χ0n) is 6.91. The molecule has 1 heterocycles. The summed E-state index contributed by atoms with van der Waals surface area (Å²) in [5, 5.41) is 2.89. The molecule has 0 unspecified atom stereocenters. The fraction of sp³-hybridized carbons (Fsp3) is 0. The Kier molecular flexibility index (Phi) is 2.91. The van der Waals surface area contributed by atoms with Crippen LogP contribution in [0.3, 0.4) is 0 Å². The quantitative estimate of drug-likeness (QED) is 0.790. The van der Waals surface area contributed by atoms with Gasteiger partial charge in [-0.05, 0) is 18.2 Å². The smallest absolute Gasteiger partial charge is 0.230 e. The summed E-state index contributed by atoms with van der Waals surface area (Å²) in [7, 11) is 0. The molecule has 0 atom stereocenters. The average Bonchev–Trinajstić information content (AvgIpc) is 2.54. The van der Waals surface area contributed by atoms with Gasteiger partial charge in [-0.1, -0.05) is 23.2 Å². The van der Waals surface area contributed by atoms with Gasteiger partial charge in [0.1, 0.15) is 5.75 Å². The first-order valence-electron chi connectivity index (χ1n) is 3.76. The molecule has 0 radical (unpaired) electrons. The number of thiazole rings is 1. The van der Waals surface area contributed by atoms with Crippen LogP contribution in [0.25, 0.3) is 0 Å². The van der Waals surface area contributed by atoms with E-state index in [4.69, 9.17) is 27.9 Å². The Morgan fingerprint density at radius 2 is 1.86 bits per heavy atom. The van der Waals surface area contributed by atoms with E-state index < -0.39 is 0 Å². The number of rotatable bonds is 2. The Balaban J connectivity index is 2.25. The Hall–Kier alpha value is -0.770. The number of ether oxygens (including phenoxy) is 1. The highest BCUT2D eigenvalue weighted by Crippen LogP contribution is 2.27. The topological polar surface area (TPSA) is 22.1 Å². The van der Waals surface area contributed by atoms with Gasteiger partial charge in [-0.25, -0.2) is 4.98 Å². The normalized spacial score (nSPS) is 10.1. The molecule has 0 bridgehead atoms.